The molecule has 0 aromatic heterocycles. The molecule has 0 unspecified atom stereocenters. The van der Waals surface area contributed by atoms with Crippen molar-refractivity contribution in [3.8, 4) is 0 Å². The molecule has 0 heterocycles. The highest BCUT2D eigenvalue weighted by Crippen LogP contribution is 2.19. The Morgan fingerprint density at radius 2 is 2.05 bits per heavy atom. The van der Waals surface area contributed by atoms with Gasteiger partial charge in [0.15, 0.2) is 0 Å². The van der Waals surface area contributed by atoms with E-state index in [9.17, 15) is 13.2 Å². The fourth-order valence-corrected chi connectivity index (χ4v) is 2.82. The average Bonchev–Trinajstić information content (AvgIpc) is 2.35. The summed E-state index contributed by atoms with van der Waals surface area (Å²) in [5, 5.41) is 0. The molecular formula is C11H17ClN2O4S. The molecule has 0 bridgehead atoms. The van der Waals surface area contributed by atoms with Gasteiger partial charge in [0.25, 0.3) is 0 Å². The number of carbonyl (C=O) groups excluding carboxylic acids is 1. The van der Waals surface area contributed by atoms with Crippen LogP contribution in [0.25, 0.3) is 0 Å². The van der Waals surface area contributed by atoms with Crippen LogP contribution in [0.5, 0.6) is 0 Å². The minimum atomic E-state index is -3.66. The molecule has 0 aliphatic heterocycles. The lowest BCUT2D eigenvalue weighted by Crippen LogP contribution is -2.30. The van der Waals surface area contributed by atoms with Gasteiger partial charge in [0, 0.05) is 13.1 Å². The molecule has 0 fully saturated rings. The zero-order valence-electron chi connectivity index (χ0n) is 10.7. The third kappa shape index (κ3) is 4.17. The molecule has 0 saturated carbocycles. The number of rotatable bonds is 5. The number of hydrogen-bond acceptors (Lipinski definition) is 5. The van der Waals surface area contributed by atoms with E-state index in [1.807, 2.05) is 0 Å². The van der Waals surface area contributed by atoms with Crippen molar-refractivity contribution in [2.45, 2.75) is 11.8 Å². The van der Waals surface area contributed by atoms with Crippen molar-refractivity contribution < 1.29 is 17.9 Å². The molecule has 0 atom stereocenters. The molecule has 0 spiro atoms. The smallest absolute Gasteiger partial charge is 0.338 e. The van der Waals surface area contributed by atoms with Crippen LogP contribution in [0.15, 0.2) is 23.1 Å². The Hall–Kier alpha value is -1.15. The normalized spacial score (nSPS) is 10.7. The molecule has 1 aromatic rings. The van der Waals surface area contributed by atoms with E-state index in [4.69, 9.17) is 5.73 Å². The van der Waals surface area contributed by atoms with Crippen LogP contribution in [0.2, 0.25) is 0 Å². The summed E-state index contributed by atoms with van der Waals surface area (Å²) in [4.78, 5) is 11.5. The van der Waals surface area contributed by atoms with Crippen molar-refractivity contribution in [2.75, 3.05) is 20.2 Å². The monoisotopic (exact) mass is 308 g/mol. The van der Waals surface area contributed by atoms with Crippen LogP contribution < -0.4 is 10.5 Å². The van der Waals surface area contributed by atoms with E-state index >= 15 is 0 Å². The summed E-state index contributed by atoms with van der Waals surface area (Å²) in [5.74, 6) is -0.566. The molecule has 8 heteroatoms. The van der Waals surface area contributed by atoms with Gasteiger partial charge in [0.2, 0.25) is 10.0 Å². The van der Waals surface area contributed by atoms with Gasteiger partial charge in [-0.3, -0.25) is 0 Å². The first-order valence-corrected chi connectivity index (χ1v) is 6.80. The van der Waals surface area contributed by atoms with E-state index in [0.717, 1.165) is 0 Å². The Morgan fingerprint density at radius 1 is 1.42 bits per heavy atom. The second kappa shape index (κ2) is 7.44. The second-order valence-electron chi connectivity index (χ2n) is 3.61. The molecule has 108 valence electrons. The summed E-state index contributed by atoms with van der Waals surface area (Å²) in [6.07, 6.45) is 0. The maximum atomic E-state index is 12.0. The number of esters is 1. The van der Waals surface area contributed by atoms with Crippen LogP contribution in [-0.2, 0) is 14.8 Å². The van der Waals surface area contributed by atoms with E-state index in [1.165, 1.54) is 25.3 Å². The van der Waals surface area contributed by atoms with Gasteiger partial charge in [0.1, 0.15) is 0 Å². The van der Waals surface area contributed by atoms with Gasteiger partial charge in [-0.15, -0.1) is 12.4 Å². The van der Waals surface area contributed by atoms with Crippen molar-refractivity contribution in [1.82, 2.24) is 4.72 Å². The highest BCUT2D eigenvalue weighted by atomic mass is 35.5. The van der Waals surface area contributed by atoms with Gasteiger partial charge in [-0.1, -0.05) is 6.07 Å². The highest BCUT2D eigenvalue weighted by molar-refractivity contribution is 7.89. The van der Waals surface area contributed by atoms with Gasteiger partial charge in [0.05, 0.1) is 17.6 Å². The number of halogens is 1. The summed E-state index contributed by atoms with van der Waals surface area (Å²) >= 11 is 0. The summed E-state index contributed by atoms with van der Waals surface area (Å²) < 4.78 is 30.8. The first-order valence-electron chi connectivity index (χ1n) is 5.31. The number of ether oxygens (including phenoxy) is 1. The lowest BCUT2D eigenvalue weighted by molar-refractivity contribution is 0.0599. The van der Waals surface area contributed by atoms with Crippen molar-refractivity contribution in [3.63, 3.8) is 0 Å². The maximum Gasteiger partial charge on any atom is 0.338 e. The Kier molecular flexibility index (Phi) is 6.99. The average molecular weight is 309 g/mol. The van der Waals surface area contributed by atoms with Crippen LogP contribution in [-0.4, -0.2) is 34.6 Å². The van der Waals surface area contributed by atoms with Gasteiger partial charge >= 0.3 is 5.97 Å². The number of nitrogens with one attached hydrogen (secondary N) is 1. The Labute approximate surface area is 118 Å². The van der Waals surface area contributed by atoms with Gasteiger partial charge in [-0.25, -0.2) is 17.9 Å². The zero-order chi connectivity index (χ0) is 13.8. The van der Waals surface area contributed by atoms with Crippen LogP contribution in [0.1, 0.15) is 15.9 Å². The molecule has 1 rings (SSSR count). The number of hydrogen-bond donors (Lipinski definition) is 2. The molecular weight excluding hydrogens is 292 g/mol. The molecule has 0 amide bonds. The van der Waals surface area contributed by atoms with Crippen LogP contribution in [0.4, 0.5) is 0 Å². The third-order valence-corrected chi connectivity index (χ3v) is 4.02. The number of benzene rings is 1. The molecule has 0 aliphatic rings. The molecule has 0 aliphatic carbocycles. The lowest BCUT2D eigenvalue weighted by Gasteiger charge is -2.11. The van der Waals surface area contributed by atoms with E-state index in [0.29, 0.717) is 5.56 Å². The SMILES string of the molecule is COC(=O)c1cccc(S(=O)(=O)NCCN)c1C.Cl. The van der Waals surface area contributed by atoms with Crippen molar-refractivity contribution in [1.29, 1.82) is 0 Å². The van der Waals surface area contributed by atoms with E-state index in [2.05, 4.69) is 9.46 Å². The summed E-state index contributed by atoms with van der Waals surface area (Å²) in [5.41, 5.74) is 5.84. The Balaban J connectivity index is 0.00000324. The summed E-state index contributed by atoms with van der Waals surface area (Å²) in [6, 6.07) is 4.44. The maximum absolute atomic E-state index is 12.0. The fourth-order valence-electron chi connectivity index (χ4n) is 1.51. The van der Waals surface area contributed by atoms with E-state index in [1.54, 1.807) is 6.92 Å². The molecule has 3 N–H and O–H groups in total. The van der Waals surface area contributed by atoms with E-state index < -0.39 is 16.0 Å². The van der Waals surface area contributed by atoms with Gasteiger partial charge in [-0.05, 0) is 24.6 Å². The van der Waals surface area contributed by atoms with Crippen LogP contribution >= 0.6 is 12.4 Å². The highest BCUT2D eigenvalue weighted by Gasteiger charge is 2.20. The van der Waals surface area contributed by atoms with E-state index in [-0.39, 0.29) is 36.0 Å². The number of carbonyl (C=O) groups is 1. The minimum Gasteiger partial charge on any atom is -0.465 e. The van der Waals surface area contributed by atoms with Crippen molar-refractivity contribution in [2.24, 2.45) is 5.73 Å². The first kappa shape index (κ1) is 17.8. The molecule has 1 aromatic carbocycles. The van der Waals surface area contributed by atoms with Crippen molar-refractivity contribution in [3.05, 3.63) is 29.3 Å². The third-order valence-electron chi connectivity index (χ3n) is 2.42. The Morgan fingerprint density at radius 3 is 2.58 bits per heavy atom. The van der Waals surface area contributed by atoms with Crippen LogP contribution in [0, 0.1) is 6.92 Å². The molecule has 0 saturated heterocycles. The summed E-state index contributed by atoms with van der Waals surface area (Å²) in [6.45, 7) is 1.91. The number of methoxy groups -OCH3 is 1. The standard InChI is InChI=1S/C11H16N2O4S.ClH/c1-8-9(11(14)17-2)4-3-5-10(8)18(15,16)13-7-6-12;/h3-5,13H,6-7,12H2,1-2H3;1H. The summed E-state index contributed by atoms with van der Waals surface area (Å²) in [7, 11) is -2.41. The van der Waals surface area contributed by atoms with Crippen molar-refractivity contribution >= 4 is 28.4 Å². The zero-order valence-corrected chi connectivity index (χ0v) is 12.3. The Bertz CT molecular complexity index is 546. The fraction of sp³-hybridized carbons (Fsp3) is 0.364. The topological polar surface area (TPSA) is 98.5 Å². The molecule has 0 radical (unpaired) electrons. The van der Waals surface area contributed by atoms with Crippen LogP contribution in [0.3, 0.4) is 0 Å². The lowest BCUT2D eigenvalue weighted by atomic mass is 10.1. The predicted molar refractivity (Wildman–Crippen MR) is 74.0 cm³/mol. The predicted octanol–water partition coefficient (Wildman–Crippen LogP) is 0.440. The van der Waals surface area contributed by atoms with Gasteiger partial charge in [-0.2, -0.15) is 0 Å². The molecule has 19 heavy (non-hydrogen) atoms. The minimum absolute atomic E-state index is 0. The quantitative estimate of drug-likeness (QED) is 0.769. The molecule has 6 nitrogen and oxygen atoms in total. The number of sulfonamides is 1. The number of nitrogens with two attached hydrogens (primary N) is 1. The largest absolute Gasteiger partial charge is 0.465 e. The second-order valence-corrected chi connectivity index (χ2v) is 5.34. The van der Waals surface area contributed by atoms with Gasteiger partial charge < -0.3 is 10.5 Å². The first-order chi connectivity index (χ1) is 8.44.